The minimum Gasteiger partial charge on any atom is -0.480 e. The molecule has 0 aromatic heterocycles. The summed E-state index contributed by atoms with van der Waals surface area (Å²) in [5.74, 6) is -0.515. The van der Waals surface area contributed by atoms with E-state index in [1.807, 2.05) is 0 Å². The molecule has 0 saturated carbocycles. The van der Waals surface area contributed by atoms with Gasteiger partial charge in [-0.2, -0.15) is 4.98 Å². The van der Waals surface area contributed by atoms with Gasteiger partial charge in [0.1, 0.15) is 16.3 Å². The van der Waals surface area contributed by atoms with Crippen LogP contribution in [0, 0.1) is 0 Å². The van der Waals surface area contributed by atoms with Gasteiger partial charge in [0.15, 0.2) is 12.2 Å². The summed E-state index contributed by atoms with van der Waals surface area (Å²) in [5.41, 5.74) is -1.12. The number of nitrogens with one attached hydrogen (secondary N) is 1. The Balaban J connectivity index is 2.15. The number of aromatic amines is 1. The molecular weight excluding hydrogens is 328 g/mol. The monoisotopic (exact) mass is 336 g/mol. The van der Waals surface area contributed by atoms with E-state index in [0.717, 1.165) is 0 Å². The Bertz CT molecular complexity index is 993. The molecule has 1 N–H and O–H groups in total. The molecule has 0 spiro atoms. The molecule has 23 heavy (non-hydrogen) atoms. The van der Waals surface area contributed by atoms with E-state index in [1.165, 1.54) is 19.2 Å². The van der Waals surface area contributed by atoms with Crippen molar-refractivity contribution in [3.05, 3.63) is 44.1 Å². The Kier molecular flexibility index (Phi) is 3.75. The van der Waals surface area contributed by atoms with Crippen molar-refractivity contribution in [1.29, 1.82) is 0 Å². The molecule has 8 nitrogen and oxygen atoms in total. The van der Waals surface area contributed by atoms with E-state index in [2.05, 4.69) is 14.7 Å². The number of benzene rings is 1. The molecule has 0 bridgehead atoms. The zero-order valence-electron chi connectivity index (χ0n) is 11.7. The zero-order valence-corrected chi connectivity index (χ0v) is 12.5. The lowest BCUT2D eigenvalue weighted by atomic mass is 10.1. The van der Waals surface area contributed by atoms with E-state index in [1.54, 1.807) is 6.07 Å². The predicted molar refractivity (Wildman–Crippen MR) is 80.0 cm³/mol. The minimum absolute atomic E-state index is 0.0860. The van der Waals surface area contributed by atoms with Gasteiger partial charge in [0.05, 0.1) is 7.11 Å². The Morgan fingerprint density at radius 3 is 2.91 bits per heavy atom. The number of hydrogen-bond acceptors (Lipinski definition) is 7. The number of carbonyl (C=O) groups is 1. The minimum atomic E-state index is -0.820. The van der Waals surface area contributed by atoms with Crippen LogP contribution in [0.25, 0.3) is 22.4 Å². The number of carbonyl (C=O) groups excluding carboxylic acids is 1. The average molecular weight is 337 g/mol. The summed E-state index contributed by atoms with van der Waals surface area (Å²) in [7, 11) is 1.23. The second-order valence-corrected chi connectivity index (χ2v) is 4.88. The van der Waals surface area contributed by atoms with Crippen LogP contribution in [-0.4, -0.2) is 29.7 Å². The van der Waals surface area contributed by atoms with Crippen LogP contribution in [0.3, 0.4) is 0 Å². The molecule has 2 aliphatic heterocycles. The maximum Gasteiger partial charge on any atom is 0.351 e. The van der Waals surface area contributed by atoms with Crippen molar-refractivity contribution in [3.63, 3.8) is 0 Å². The van der Waals surface area contributed by atoms with Gasteiger partial charge in [-0.3, -0.25) is 9.78 Å². The maximum absolute atomic E-state index is 11.7. The fourth-order valence-electron chi connectivity index (χ4n) is 1.98. The van der Waals surface area contributed by atoms with E-state index in [0.29, 0.717) is 5.39 Å². The summed E-state index contributed by atoms with van der Waals surface area (Å²) in [6.07, 6.45) is 0. The van der Waals surface area contributed by atoms with Crippen molar-refractivity contribution >= 4 is 28.5 Å². The smallest absolute Gasteiger partial charge is 0.351 e. The first kappa shape index (κ1) is 15.0. The van der Waals surface area contributed by atoms with Crippen LogP contribution in [-0.2, 0) is 9.53 Å². The maximum atomic E-state index is 11.7. The molecule has 118 valence electrons. The van der Waals surface area contributed by atoms with E-state index in [-0.39, 0.29) is 34.4 Å². The molecule has 0 amide bonds. The van der Waals surface area contributed by atoms with Crippen LogP contribution >= 0.6 is 11.6 Å². The van der Waals surface area contributed by atoms with Crippen molar-refractivity contribution < 1.29 is 18.7 Å². The molecule has 0 fully saturated rings. The third-order valence-corrected chi connectivity index (χ3v) is 3.42. The van der Waals surface area contributed by atoms with E-state index < -0.39 is 17.2 Å². The zero-order chi connectivity index (χ0) is 16.6. The summed E-state index contributed by atoms with van der Waals surface area (Å²) in [6.45, 7) is -0.321. The standard InChI is InChI=1S/C14H9ClN2O6/c1-21-9(18)5-22-8-3-2-6-4-7-12(19)16-14(20)17-13(7)23-11(6)10(8)15/h2-4H,5H2,1H3,(H,16,19,20). The van der Waals surface area contributed by atoms with Gasteiger partial charge in [-0.05, 0) is 18.2 Å². The number of rotatable bonds is 3. The fourth-order valence-corrected chi connectivity index (χ4v) is 2.24. The second-order valence-electron chi connectivity index (χ2n) is 4.50. The molecular formula is C14H9ClN2O6. The average Bonchev–Trinajstić information content (AvgIpc) is 2.53. The fraction of sp³-hybridized carbons (Fsp3) is 0.143. The SMILES string of the molecule is COC(=O)COc1ccc2cc3c(=O)[nH]c(=O)nc-3oc2c1Cl. The van der Waals surface area contributed by atoms with Crippen molar-refractivity contribution in [2.75, 3.05) is 13.7 Å². The molecule has 0 aliphatic carbocycles. The highest BCUT2D eigenvalue weighted by Gasteiger charge is 2.17. The molecule has 2 heterocycles. The number of halogens is 1. The lowest BCUT2D eigenvalue weighted by Gasteiger charge is -2.10. The normalized spacial score (nSPS) is 10.9. The molecule has 0 unspecified atom stereocenters. The summed E-state index contributed by atoms with van der Waals surface area (Å²) < 4.78 is 15.2. The van der Waals surface area contributed by atoms with E-state index in [9.17, 15) is 14.4 Å². The first-order valence-electron chi connectivity index (χ1n) is 6.35. The van der Waals surface area contributed by atoms with Crippen molar-refractivity contribution in [1.82, 2.24) is 9.97 Å². The number of methoxy groups -OCH3 is 1. The summed E-state index contributed by atoms with van der Waals surface area (Å²) in [6, 6.07) is 4.62. The number of fused-ring (bicyclic) bond motifs is 2. The summed E-state index contributed by atoms with van der Waals surface area (Å²) >= 11 is 6.19. The number of hydrogen-bond donors (Lipinski definition) is 1. The third-order valence-electron chi connectivity index (χ3n) is 3.06. The van der Waals surface area contributed by atoms with Crippen LogP contribution in [0.15, 0.2) is 32.2 Å². The van der Waals surface area contributed by atoms with Crippen molar-refractivity contribution in [3.8, 4) is 17.2 Å². The van der Waals surface area contributed by atoms with Gasteiger partial charge in [0, 0.05) is 5.39 Å². The van der Waals surface area contributed by atoms with Gasteiger partial charge in [-0.15, -0.1) is 0 Å². The lowest BCUT2D eigenvalue weighted by Crippen LogP contribution is -2.24. The quantitative estimate of drug-likeness (QED) is 0.564. The molecule has 1 aromatic rings. The first-order chi connectivity index (χ1) is 11.0. The van der Waals surface area contributed by atoms with Crippen LogP contribution in [0.1, 0.15) is 0 Å². The molecule has 0 saturated heterocycles. The topological polar surface area (TPSA) is 111 Å². The third kappa shape index (κ3) is 2.76. The van der Waals surface area contributed by atoms with E-state index in [4.69, 9.17) is 20.8 Å². The molecule has 0 atom stereocenters. The number of esters is 1. The number of H-pyrrole nitrogens is 1. The van der Waals surface area contributed by atoms with Crippen LogP contribution in [0.5, 0.6) is 5.75 Å². The summed E-state index contributed by atoms with van der Waals surface area (Å²) in [4.78, 5) is 39.8. The predicted octanol–water partition coefficient (Wildman–Crippen LogP) is 1.19. The van der Waals surface area contributed by atoms with Crippen LogP contribution in [0.4, 0.5) is 0 Å². The summed E-state index contributed by atoms with van der Waals surface area (Å²) in [5, 5.41) is 0.599. The first-order valence-corrected chi connectivity index (χ1v) is 6.73. The highest BCUT2D eigenvalue weighted by molar-refractivity contribution is 6.36. The number of nitrogens with zero attached hydrogens (tertiary/aromatic N) is 1. The number of aromatic nitrogens is 2. The second kappa shape index (κ2) is 5.73. The number of ether oxygens (including phenoxy) is 2. The van der Waals surface area contributed by atoms with Gasteiger partial charge >= 0.3 is 11.7 Å². The highest BCUT2D eigenvalue weighted by Crippen LogP contribution is 2.35. The van der Waals surface area contributed by atoms with Gasteiger partial charge < -0.3 is 13.9 Å². The van der Waals surface area contributed by atoms with Gasteiger partial charge in [-0.25, -0.2) is 9.59 Å². The van der Waals surface area contributed by atoms with Crippen molar-refractivity contribution in [2.45, 2.75) is 0 Å². The Labute approximate surface area is 133 Å². The largest absolute Gasteiger partial charge is 0.480 e. The van der Waals surface area contributed by atoms with Crippen molar-refractivity contribution in [2.24, 2.45) is 0 Å². The van der Waals surface area contributed by atoms with Gasteiger partial charge in [0.25, 0.3) is 5.56 Å². The van der Waals surface area contributed by atoms with Gasteiger partial charge in [0.2, 0.25) is 5.89 Å². The Morgan fingerprint density at radius 1 is 1.39 bits per heavy atom. The van der Waals surface area contributed by atoms with Crippen LogP contribution in [0.2, 0.25) is 5.02 Å². The molecule has 3 rings (SSSR count). The molecule has 2 aliphatic rings. The lowest BCUT2D eigenvalue weighted by molar-refractivity contribution is -0.142. The molecule has 1 aromatic carbocycles. The van der Waals surface area contributed by atoms with E-state index >= 15 is 0 Å². The molecule has 9 heteroatoms. The molecule has 0 radical (unpaired) electrons. The Hall–Kier alpha value is -2.87. The van der Waals surface area contributed by atoms with Gasteiger partial charge in [-0.1, -0.05) is 11.6 Å². The Morgan fingerprint density at radius 2 is 2.17 bits per heavy atom. The highest BCUT2D eigenvalue weighted by atomic mass is 35.5. The van der Waals surface area contributed by atoms with Crippen LogP contribution < -0.4 is 16.0 Å².